The van der Waals surface area contributed by atoms with E-state index in [9.17, 15) is 9.90 Å². The van der Waals surface area contributed by atoms with Crippen LogP contribution in [-0.4, -0.2) is 84.6 Å². The van der Waals surface area contributed by atoms with Crippen LogP contribution in [0.1, 0.15) is 24.5 Å². The van der Waals surface area contributed by atoms with Crippen molar-refractivity contribution >= 4 is 17.6 Å². The molecule has 2 aliphatic heterocycles. The second kappa shape index (κ2) is 8.99. The number of likely N-dealkylation sites (tertiary alicyclic amines) is 1. The highest BCUT2D eigenvalue weighted by Gasteiger charge is 2.26. The number of imidazole rings is 1. The van der Waals surface area contributed by atoms with E-state index in [0.29, 0.717) is 26.3 Å². The van der Waals surface area contributed by atoms with Crippen molar-refractivity contribution in [2.24, 2.45) is 0 Å². The maximum absolute atomic E-state index is 11.4. The van der Waals surface area contributed by atoms with Gasteiger partial charge < -0.3 is 19.6 Å². The molecule has 11 heteroatoms. The summed E-state index contributed by atoms with van der Waals surface area (Å²) < 4.78 is 9.36. The topological polar surface area (TPSA) is 114 Å². The second-order valence-corrected chi connectivity index (χ2v) is 8.88. The van der Waals surface area contributed by atoms with Gasteiger partial charge in [0.05, 0.1) is 24.6 Å². The molecule has 0 aliphatic carbocycles. The third kappa shape index (κ3) is 4.18. The summed E-state index contributed by atoms with van der Waals surface area (Å²) in [4.78, 5) is 28.8. The highest BCUT2D eigenvalue weighted by atomic mass is 16.5. The molecule has 0 radical (unpaired) electrons. The summed E-state index contributed by atoms with van der Waals surface area (Å²) in [5, 5.41) is 14.2. The van der Waals surface area contributed by atoms with E-state index in [-0.39, 0.29) is 5.92 Å². The van der Waals surface area contributed by atoms with Crippen LogP contribution in [0.5, 0.6) is 0 Å². The number of hydrogen-bond acceptors (Lipinski definition) is 7. The van der Waals surface area contributed by atoms with E-state index in [1.807, 2.05) is 39.5 Å². The Labute approximate surface area is 201 Å². The molecule has 1 unspecified atom stereocenters. The smallest absolute Gasteiger partial charge is 0.407 e. The van der Waals surface area contributed by atoms with Crippen molar-refractivity contribution in [3.63, 3.8) is 0 Å². The molecule has 2 saturated heterocycles. The van der Waals surface area contributed by atoms with Crippen molar-refractivity contribution in [2.45, 2.75) is 18.8 Å². The van der Waals surface area contributed by atoms with Gasteiger partial charge in [0, 0.05) is 68.4 Å². The predicted octanol–water partition coefficient (Wildman–Crippen LogP) is 2.67. The van der Waals surface area contributed by atoms with Crippen LogP contribution in [0.15, 0.2) is 49.2 Å². The molecule has 1 amide bonds. The molecule has 2 fully saturated rings. The van der Waals surface area contributed by atoms with E-state index in [1.165, 1.54) is 4.90 Å². The molecule has 2 aliphatic rings. The van der Waals surface area contributed by atoms with Gasteiger partial charge in [-0.2, -0.15) is 9.61 Å². The summed E-state index contributed by atoms with van der Waals surface area (Å²) in [5.74, 6) is 1.76. The van der Waals surface area contributed by atoms with Gasteiger partial charge in [-0.05, 0) is 25.0 Å². The van der Waals surface area contributed by atoms with Gasteiger partial charge in [0.15, 0.2) is 5.65 Å². The Bertz CT molecular complexity index is 1350. The molecular weight excluding hydrogens is 448 g/mol. The Morgan fingerprint density at radius 3 is 2.74 bits per heavy atom. The maximum Gasteiger partial charge on any atom is 0.407 e. The van der Waals surface area contributed by atoms with Gasteiger partial charge in [-0.25, -0.2) is 14.8 Å². The second-order valence-electron chi connectivity index (χ2n) is 8.88. The molecule has 4 aromatic heterocycles. The number of pyridine rings is 1. The number of carbonyl (C=O) groups is 1. The molecule has 0 aromatic carbocycles. The van der Waals surface area contributed by atoms with Crippen LogP contribution in [0.4, 0.5) is 10.6 Å². The number of carboxylic acid groups (broad SMARTS) is 1. The lowest BCUT2D eigenvalue weighted by Crippen LogP contribution is -2.38. The van der Waals surface area contributed by atoms with Gasteiger partial charge in [-0.15, -0.1) is 0 Å². The summed E-state index contributed by atoms with van der Waals surface area (Å²) in [7, 11) is 0. The Balaban J connectivity index is 1.39. The number of hydrogen-bond donors (Lipinski definition) is 1. The lowest BCUT2D eigenvalue weighted by atomic mass is 9.95. The summed E-state index contributed by atoms with van der Waals surface area (Å²) in [5.41, 5.74) is 3.43. The van der Waals surface area contributed by atoms with Crippen LogP contribution in [-0.2, 0) is 4.74 Å². The summed E-state index contributed by atoms with van der Waals surface area (Å²) in [6.45, 7) is 3.91. The van der Waals surface area contributed by atoms with E-state index in [4.69, 9.17) is 14.8 Å². The van der Waals surface area contributed by atoms with Crippen LogP contribution in [0.2, 0.25) is 0 Å². The van der Waals surface area contributed by atoms with E-state index in [0.717, 1.165) is 60.2 Å². The predicted molar refractivity (Wildman–Crippen MR) is 128 cm³/mol. The fraction of sp³-hybridized carbons (Fsp3) is 0.375. The SMILES string of the molecule is O=C(O)N1CCCC(c2cn(-c3cc(N4CCOCC4)n4nc(-c5ccncc5)cc4n3)cn2)C1. The zero-order chi connectivity index (χ0) is 23.8. The standard InChI is InChI=1S/C24H26N8O3/c33-24(34)30-7-1-2-18(14-30)20-15-31(16-26-20)21-13-23(29-8-10-35-11-9-29)32-22(27-21)12-19(28-32)17-3-5-25-6-4-17/h3-6,12-13,15-16,18H,1-2,7-11,14H2,(H,33,34). The monoisotopic (exact) mass is 474 g/mol. The number of piperidine rings is 1. The highest BCUT2D eigenvalue weighted by Crippen LogP contribution is 2.28. The van der Waals surface area contributed by atoms with Crippen LogP contribution in [0, 0.1) is 0 Å². The van der Waals surface area contributed by atoms with Crippen molar-refractivity contribution in [3.8, 4) is 17.1 Å². The first-order valence-corrected chi connectivity index (χ1v) is 11.8. The number of rotatable bonds is 4. The number of fused-ring (bicyclic) bond motifs is 1. The maximum atomic E-state index is 11.4. The van der Waals surface area contributed by atoms with E-state index < -0.39 is 6.09 Å². The molecule has 1 N–H and O–H groups in total. The summed E-state index contributed by atoms with van der Waals surface area (Å²) in [6, 6.07) is 7.87. The van der Waals surface area contributed by atoms with Gasteiger partial charge in [0.1, 0.15) is 18.0 Å². The normalized spacial score (nSPS) is 18.8. The number of anilines is 1. The van der Waals surface area contributed by atoms with E-state index in [2.05, 4.69) is 14.9 Å². The lowest BCUT2D eigenvalue weighted by Gasteiger charge is -2.29. The molecule has 180 valence electrons. The Morgan fingerprint density at radius 2 is 1.94 bits per heavy atom. The van der Waals surface area contributed by atoms with Gasteiger partial charge in [0.25, 0.3) is 0 Å². The van der Waals surface area contributed by atoms with Crippen LogP contribution in [0.3, 0.4) is 0 Å². The molecule has 6 heterocycles. The molecule has 4 aromatic rings. The molecule has 0 spiro atoms. The molecule has 35 heavy (non-hydrogen) atoms. The van der Waals surface area contributed by atoms with E-state index >= 15 is 0 Å². The first-order valence-electron chi connectivity index (χ1n) is 11.8. The number of ether oxygens (including phenoxy) is 1. The average Bonchev–Trinajstić information content (AvgIpc) is 3.57. The van der Waals surface area contributed by atoms with Crippen molar-refractivity contribution in [1.29, 1.82) is 0 Å². The first kappa shape index (κ1) is 21.5. The zero-order valence-electron chi connectivity index (χ0n) is 19.2. The van der Waals surface area contributed by atoms with Crippen molar-refractivity contribution < 1.29 is 14.6 Å². The average molecular weight is 475 g/mol. The van der Waals surface area contributed by atoms with Crippen LogP contribution in [0.25, 0.3) is 22.7 Å². The quantitative estimate of drug-likeness (QED) is 0.480. The molecule has 1 atom stereocenters. The minimum Gasteiger partial charge on any atom is -0.465 e. The fourth-order valence-electron chi connectivity index (χ4n) is 4.83. The van der Waals surface area contributed by atoms with Gasteiger partial charge in [-0.3, -0.25) is 9.55 Å². The molecule has 11 nitrogen and oxygen atoms in total. The Hall–Kier alpha value is -3.99. The largest absolute Gasteiger partial charge is 0.465 e. The summed E-state index contributed by atoms with van der Waals surface area (Å²) >= 11 is 0. The van der Waals surface area contributed by atoms with Gasteiger partial charge >= 0.3 is 6.09 Å². The number of aromatic nitrogens is 6. The van der Waals surface area contributed by atoms with Crippen molar-refractivity contribution in [3.05, 3.63) is 54.9 Å². The first-order chi connectivity index (χ1) is 17.2. The van der Waals surface area contributed by atoms with Crippen LogP contribution >= 0.6 is 0 Å². The zero-order valence-corrected chi connectivity index (χ0v) is 19.2. The fourth-order valence-corrected chi connectivity index (χ4v) is 4.83. The Morgan fingerprint density at radius 1 is 1.11 bits per heavy atom. The van der Waals surface area contributed by atoms with Crippen LogP contribution < -0.4 is 4.90 Å². The minimum absolute atomic E-state index is 0.0804. The third-order valence-corrected chi connectivity index (χ3v) is 6.68. The number of nitrogens with zero attached hydrogens (tertiary/aromatic N) is 8. The van der Waals surface area contributed by atoms with E-state index in [1.54, 1.807) is 18.7 Å². The van der Waals surface area contributed by atoms with Crippen molar-refractivity contribution in [1.82, 2.24) is 34.0 Å². The Kier molecular flexibility index (Phi) is 5.53. The number of morpholine rings is 1. The molecule has 6 rings (SSSR count). The number of amides is 1. The van der Waals surface area contributed by atoms with Gasteiger partial charge in [0.2, 0.25) is 0 Å². The van der Waals surface area contributed by atoms with Gasteiger partial charge in [-0.1, -0.05) is 0 Å². The molecule has 0 saturated carbocycles. The minimum atomic E-state index is -0.873. The summed E-state index contributed by atoms with van der Waals surface area (Å²) in [6.07, 6.45) is 8.12. The third-order valence-electron chi connectivity index (χ3n) is 6.68. The van der Waals surface area contributed by atoms with Crippen molar-refractivity contribution in [2.75, 3.05) is 44.3 Å². The highest BCUT2D eigenvalue weighted by molar-refractivity contribution is 5.67. The molecular formula is C24H26N8O3. The molecule has 0 bridgehead atoms. The lowest BCUT2D eigenvalue weighted by molar-refractivity contribution is 0.122.